The summed E-state index contributed by atoms with van der Waals surface area (Å²) in [5.74, 6) is -0.137. The molecule has 43 heavy (non-hydrogen) atoms. The fraction of sp³-hybridized carbons (Fsp3) is 0.294. The minimum Gasteiger partial charge on any atom is -0.377 e. The number of carbonyl (C=O) groups is 2. The number of amides is 3. The quantitative estimate of drug-likeness (QED) is 0.263. The Kier molecular flexibility index (Phi) is 10.0. The summed E-state index contributed by atoms with van der Waals surface area (Å²) in [6, 6.07) is 26.0. The van der Waals surface area contributed by atoms with Crippen molar-refractivity contribution in [3.63, 3.8) is 0 Å². The van der Waals surface area contributed by atoms with Gasteiger partial charge >= 0.3 is 6.03 Å². The molecule has 3 aromatic carbocycles. The second-order valence-corrected chi connectivity index (χ2v) is 10.7. The Bertz CT molecular complexity index is 1380. The highest BCUT2D eigenvalue weighted by Gasteiger charge is 2.52. The van der Waals surface area contributed by atoms with E-state index in [1.165, 1.54) is 0 Å². The third-order valence-electron chi connectivity index (χ3n) is 7.82. The average Bonchev–Trinajstić information content (AvgIpc) is 3.04. The van der Waals surface area contributed by atoms with Gasteiger partial charge in [0.05, 0.1) is 26.3 Å². The van der Waals surface area contributed by atoms with Crippen LogP contribution in [-0.2, 0) is 22.7 Å². The Morgan fingerprint density at radius 2 is 1.65 bits per heavy atom. The van der Waals surface area contributed by atoms with E-state index in [0.29, 0.717) is 32.8 Å². The summed E-state index contributed by atoms with van der Waals surface area (Å²) in [6.45, 7) is 9.79. The van der Waals surface area contributed by atoms with E-state index in [1.54, 1.807) is 32.0 Å². The number of hydrogen-bond donors (Lipinski definition) is 2. The summed E-state index contributed by atoms with van der Waals surface area (Å²) < 4.78 is 5.96. The van der Waals surface area contributed by atoms with Crippen LogP contribution in [0.15, 0.2) is 104 Å². The zero-order valence-corrected chi connectivity index (χ0v) is 24.3. The Morgan fingerprint density at radius 1 is 0.953 bits per heavy atom. The molecule has 3 amide bonds. The first-order chi connectivity index (χ1) is 21.0. The number of hydrogen-bond acceptors (Lipinski definition) is 6. The maximum Gasteiger partial charge on any atom is 0.333 e. The predicted molar refractivity (Wildman–Crippen MR) is 166 cm³/mol. The van der Waals surface area contributed by atoms with Crippen molar-refractivity contribution in [3.05, 3.63) is 126 Å². The van der Waals surface area contributed by atoms with Gasteiger partial charge in [-0.05, 0) is 22.3 Å². The number of carbonyl (C=O) groups excluding carboxylic acids is 2. The van der Waals surface area contributed by atoms with Crippen LogP contribution in [0.25, 0.3) is 6.08 Å². The molecule has 2 aliphatic heterocycles. The van der Waals surface area contributed by atoms with Crippen molar-refractivity contribution in [2.45, 2.75) is 31.6 Å². The molecule has 0 aliphatic carbocycles. The lowest BCUT2D eigenvalue weighted by atomic mass is 9.98. The number of urea groups is 1. The molecule has 2 heterocycles. The second kappa shape index (κ2) is 14.3. The Hall–Kier alpha value is -4.28. The fourth-order valence-corrected chi connectivity index (χ4v) is 5.68. The summed E-state index contributed by atoms with van der Waals surface area (Å²) in [6.07, 6.45) is 1.90. The number of aliphatic hydroxyl groups excluding tert-OH is 1. The molecule has 9 heteroatoms. The van der Waals surface area contributed by atoms with E-state index >= 15 is 0 Å². The van der Waals surface area contributed by atoms with E-state index in [4.69, 9.17) is 4.74 Å². The zero-order chi connectivity index (χ0) is 30.2. The summed E-state index contributed by atoms with van der Waals surface area (Å²) in [5.41, 5.74) is 3.79. The maximum absolute atomic E-state index is 14.0. The van der Waals surface area contributed by atoms with Crippen LogP contribution in [0.1, 0.15) is 28.3 Å². The van der Waals surface area contributed by atoms with E-state index in [0.717, 1.165) is 22.3 Å². The number of fused-ring (bicyclic) bond motifs is 1. The smallest absolute Gasteiger partial charge is 0.333 e. The molecule has 0 spiro atoms. The van der Waals surface area contributed by atoms with Crippen molar-refractivity contribution in [1.29, 1.82) is 0 Å². The highest BCUT2D eigenvalue weighted by Crippen LogP contribution is 2.36. The number of aliphatic hydroxyl groups is 1. The number of nitrogens with one attached hydrogen (secondary N) is 1. The molecule has 2 fully saturated rings. The molecular weight excluding hydrogens is 542 g/mol. The van der Waals surface area contributed by atoms with E-state index < -0.39 is 18.4 Å². The van der Waals surface area contributed by atoms with Gasteiger partial charge in [0.25, 0.3) is 0 Å². The summed E-state index contributed by atoms with van der Waals surface area (Å²) >= 11 is 0. The number of β-amino-alcohol motifs (C(OH)–C–C–N with tert-alkyl or cyclic N) is 1. The van der Waals surface area contributed by atoms with E-state index in [1.807, 2.05) is 84.9 Å². The van der Waals surface area contributed by atoms with Crippen LogP contribution in [0, 0.1) is 0 Å². The number of benzene rings is 3. The third-order valence-corrected chi connectivity index (χ3v) is 7.82. The Labute approximate surface area is 253 Å². The molecule has 2 N–H and O–H groups in total. The van der Waals surface area contributed by atoms with E-state index in [-0.39, 0.29) is 25.0 Å². The van der Waals surface area contributed by atoms with Crippen LogP contribution in [0.3, 0.4) is 0 Å². The Balaban J connectivity index is 1.37. The van der Waals surface area contributed by atoms with Gasteiger partial charge in [0, 0.05) is 19.6 Å². The molecule has 5 rings (SSSR count). The van der Waals surface area contributed by atoms with Crippen molar-refractivity contribution < 1.29 is 19.4 Å². The lowest BCUT2D eigenvalue weighted by molar-refractivity contribution is -0.228. The fourth-order valence-electron chi connectivity index (χ4n) is 5.68. The molecule has 1 unspecified atom stereocenters. The third kappa shape index (κ3) is 7.03. The molecule has 0 radical (unpaired) electrons. The predicted octanol–water partition coefficient (Wildman–Crippen LogP) is 4.00. The second-order valence-electron chi connectivity index (χ2n) is 10.7. The largest absolute Gasteiger partial charge is 0.377 e. The molecule has 0 bridgehead atoms. The molecule has 0 saturated carbocycles. The van der Waals surface area contributed by atoms with Crippen LogP contribution >= 0.6 is 0 Å². The highest BCUT2D eigenvalue weighted by atomic mass is 16.5. The zero-order valence-electron chi connectivity index (χ0n) is 24.3. The molecule has 224 valence electrons. The highest BCUT2D eigenvalue weighted by molar-refractivity contribution is 5.85. The first-order valence-corrected chi connectivity index (χ1v) is 14.5. The number of ether oxygens (including phenoxy) is 1. The van der Waals surface area contributed by atoms with Gasteiger partial charge in [0.1, 0.15) is 18.4 Å². The van der Waals surface area contributed by atoms with Crippen molar-refractivity contribution in [3.8, 4) is 0 Å². The molecule has 9 nitrogen and oxygen atoms in total. The maximum atomic E-state index is 14.0. The molecular formula is C34H39N5O4. The van der Waals surface area contributed by atoms with Gasteiger partial charge in [0.15, 0.2) is 0 Å². The van der Waals surface area contributed by atoms with Gasteiger partial charge in [-0.1, -0.05) is 104 Å². The topological polar surface area (TPSA) is 88.6 Å². The van der Waals surface area contributed by atoms with Crippen LogP contribution in [0.4, 0.5) is 4.79 Å². The number of hydrazine groups is 1. The van der Waals surface area contributed by atoms with Gasteiger partial charge in [-0.3, -0.25) is 4.79 Å². The van der Waals surface area contributed by atoms with Crippen molar-refractivity contribution in [2.24, 2.45) is 0 Å². The standard InChI is InChI=1S/C34H39N5O4/c1-3-19-37-24-31(40)38-30(39(37)34(42)35-22-27-11-7-5-8-12-27)23-36(33(41)32(38)29-13-9-6-10-14-29)20-21-43-25-28-17-15-26(4-2)16-18-28/h3-18,30-32,40H,1-2,19-25H2,(H,35,42)/t30-,31?,32-/m0/s1. The van der Waals surface area contributed by atoms with E-state index in [9.17, 15) is 14.7 Å². The molecule has 2 aliphatic rings. The summed E-state index contributed by atoms with van der Waals surface area (Å²) in [4.78, 5) is 31.3. The molecule has 2 saturated heterocycles. The van der Waals surface area contributed by atoms with E-state index in [2.05, 4.69) is 18.5 Å². The minimum absolute atomic E-state index is 0.137. The van der Waals surface area contributed by atoms with Crippen molar-refractivity contribution in [2.75, 3.05) is 32.8 Å². The molecule has 3 aromatic rings. The first-order valence-electron chi connectivity index (χ1n) is 14.5. The number of piperazine rings is 1. The van der Waals surface area contributed by atoms with Gasteiger partial charge < -0.3 is 20.1 Å². The van der Waals surface area contributed by atoms with Crippen molar-refractivity contribution in [1.82, 2.24) is 25.1 Å². The average molecular weight is 582 g/mol. The van der Waals surface area contributed by atoms with Crippen LogP contribution in [0.5, 0.6) is 0 Å². The minimum atomic E-state index is -0.978. The van der Waals surface area contributed by atoms with Gasteiger partial charge in [-0.2, -0.15) is 0 Å². The van der Waals surface area contributed by atoms with Crippen LogP contribution in [0.2, 0.25) is 0 Å². The first kappa shape index (κ1) is 30.2. The van der Waals surface area contributed by atoms with Crippen LogP contribution in [-0.4, -0.2) is 82.0 Å². The summed E-state index contributed by atoms with van der Waals surface area (Å²) in [7, 11) is 0. The monoisotopic (exact) mass is 581 g/mol. The molecule has 0 aromatic heterocycles. The lowest BCUT2D eigenvalue weighted by Crippen LogP contribution is -2.75. The molecule has 3 atom stereocenters. The van der Waals surface area contributed by atoms with Crippen molar-refractivity contribution >= 4 is 18.0 Å². The van der Waals surface area contributed by atoms with Gasteiger partial charge in [0.2, 0.25) is 5.91 Å². The van der Waals surface area contributed by atoms with Crippen LogP contribution < -0.4 is 5.32 Å². The normalized spacial score (nSPS) is 20.9. The lowest BCUT2D eigenvalue weighted by Gasteiger charge is -2.57. The number of nitrogens with zero attached hydrogens (tertiary/aromatic N) is 4. The Morgan fingerprint density at radius 3 is 2.33 bits per heavy atom. The SMILES string of the molecule is C=CCN1CC(O)N2[C@@H](c3ccccc3)C(=O)N(CCOCc3ccc(C=C)cc3)C[C@@H]2N1C(=O)NCc1ccccc1. The van der Waals surface area contributed by atoms with Gasteiger partial charge in [-0.25, -0.2) is 19.7 Å². The van der Waals surface area contributed by atoms with Gasteiger partial charge in [-0.15, -0.1) is 6.58 Å². The summed E-state index contributed by atoms with van der Waals surface area (Å²) in [5, 5.41) is 17.9. The number of rotatable bonds is 11.